The number of halogens is 2. The molecule has 20 heavy (non-hydrogen) atoms. The van der Waals surface area contributed by atoms with Crippen molar-refractivity contribution in [2.75, 3.05) is 0 Å². The fraction of sp³-hybridized carbons (Fsp3) is 0.125. The molecule has 0 atom stereocenters. The third kappa shape index (κ3) is 2.92. The Morgan fingerprint density at radius 1 is 0.750 bits per heavy atom. The molecule has 2 aromatic rings. The van der Waals surface area contributed by atoms with Crippen molar-refractivity contribution in [3.05, 3.63) is 58.7 Å². The first-order valence-electron chi connectivity index (χ1n) is 6.01. The van der Waals surface area contributed by atoms with E-state index in [2.05, 4.69) is 0 Å². The average Bonchev–Trinajstić information content (AvgIpc) is 2.38. The van der Waals surface area contributed by atoms with Crippen LogP contribution >= 0.6 is 23.2 Å². The Hall–Kier alpha value is -1.64. The number of aryl methyl sites for hydroxylation is 2. The largest absolute Gasteiger partial charge is 0.276 e. The zero-order chi connectivity index (χ0) is 14.9. The van der Waals surface area contributed by atoms with E-state index >= 15 is 0 Å². The Labute approximate surface area is 127 Å². The fourth-order valence-electron chi connectivity index (χ4n) is 2.18. The first kappa shape index (κ1) is 14.8. The molecule has 2 nitrogen and oxygen atoms in total. The van der Waals surface area contributed by atoms with Crippen LogP contribution in [0.1, 0.15) is 31.8 Å². The van der Waals surface area contributed by atoms with Crippen LogP contribution in [-0.2, 0) is 0 Å². The zero-order valence-corrected chi connectivity index (χ0v) is 12.5. The molecule has 0 aromatic heterocycles. The van der Waals surface area contributed by atoms with Crippen LogP contribution < -0.4 is 0 Å². The van der Waals surface area contributed by atoms with Gasteiger partial charge in [-0.3, -0.25) is 9.59 Å². The highest BCUT2D eigenvalue weighted by atomic mass is 35.5. The highest BCUT2D eigenvalue weighted by Gasteiger charge is 2.10. The molecule has 2 aromatic carbocycles. The van der Waals surface area contributed by atoms with Gasteiger partial charge in [-0.1, -0.05) is 12.1 Å². The van der Waals surface area contributed by atoms with Crippen LogP contribution in [0.4, 0.5) is 0 Å². The normalized spacial score (nSPS) is 10.4. The third-order valence-electron chi connectivity index (χ3n) is 3.20. The Bertz CT molecular complexity index is 644. The molecular formula is C16H12Cl2O2. The summed E-state index contributed by atoms with van der Waals surface area (Å²) in [7, 11) is 0. The summed E-state index contributed by atoms with van der Waals surface area (Å²) < 4.78 is 0. The first-order valence-corrected chi connectivity index (χ1v) is 6.77. The molecule has 0 heterocycles. The standard InChI is InChI=1S/C16H12Cl2O2/c1-9-7-11(15(17)19)3-5-13(9)14-6-4-12(16(18)20)8-10(14)2/h3-8H,1-2H3. The lowest BCUT2D eigenvalue weighted by atomic mass is 9.94. The molecule has 102 valence electrons. The van der Waals surface area contributed by atoms with E-state index in [1.54, 1.807) is 24.3 Å². The van der Waals surface area contributed by atoms with Crippen molar-refractivity contribution in [1.82, 2.24) is 0 Å². The van der Waals surface area contributed by atoms with E-state index in [0.717, 1.165) is 22.3 Å². The maximum Gasteiger partial charge on any atom is 0.252 e. The van der Waals surface area contributed by atoms with E-state index in [0.29, 0.717) is 11.1 Å². The summed E-state index contributed by atoms with van der Waals surface area (Å²) in [5, 5.41) is -0.945. The van der Waals surface area contributed by atoms with Gasteiger partial charge in [0, 0.05) is 11.1 Å². The van der Waals surface area contributed by atoms with E-state index < -0.39 is 10.5 Å². The van der Waals surface area contributed by atoms with Crippen LogP contribution in [0.3, 0.4) is 0 Å². The Morgan fingerprint density at radius 3 is 1.35 bits per heavy atom. The molecule has 0 aliphatic carbocycles. The molecule has 0 fully saturated rings. The number of benzene rings is 2. The summed E-state index contributed by atoms with van der Waals surface area (Å²) in [5.74, 6) is 0. The molecule has 0 radical (unpaired) electrons. The Morgan fingerprint density at radius 2 is 1.10 bits per heavy atom. The van der Waals surface area contributed by atoms with Crippen molar-refractivity contribution in [1.29, 1.82) is 0 Å². The van der Waals surface area contributed by atoms with E-state index in [1.807, 2.05) is 26.0 Å². The smallest absolute Gasteiger partial charge is 0.252 e. The molecule has 0 unspecified atom stereocenters. The quantitative estimate of drug-likeness (QED) is 0.768. The van der Waals surface area contributed by atoms with Crippen LogP contribution in [0.5, 0.6) is 0 Å². The lowest BCUT2D eigenvalue weighted by Gasteiger charge is -2.11. The van der Waals surface area contributed by atoms with Gasteiger partial charge in [-0.15, -0.1) is 0 Å². The van der Waals surface area contributed by atoms with Crippen LogP contribution in [-0.4, -0.2) is 10.5 Å². The van der Waals surface area contributed by atoms with E-state index in [-0.39, 0.29) is 0 Å². The van der Waals surface area contributed by atoms with Gasteiger partial charge in [0.2, 0.25) is 0 Å². The number of hydrogen-bond donors (Lipinski definition) is 0. The summed E-state index contributed by atoms with van der Waals surface area (Å²) >= 11 is 10.9. The van der Waals surface area contributed by atoms with Gasteiger partial charge >= 0.3 is 0 Å². The molecule has 2 rings (SSSR count). The second-order valence-electron chi connectivity index (χ2n) is 4.61. The van der Waals surface area contributed by atoms with Gasteiger partial charge in [-0.05, 0) is 83.6 Å². The van der Waals surface area contributed by atoms with Crippen molar-refractivity contribution in [2.24, 2.45) is 0 Å². The molecule has 0 N–H and O–H groups in total. The Kier molecular flexibility index (Phi) is 4.26. The van der Waals surface area contributed by atoms with Gasteiger partial charge in [0.25, 0.3) is 10.5 Å². The highest BCUT2D eigenvalue weighted by molar-refractivity contribution is 6.68. The molecule has 0 spiro atoms. The van der Waals surface area contributed by atoms with E-state index in [1.165, 1.54) is 0 Å². The number of hydrogen-bond acceptors (Lipinski definition) is 2. The molecule has 0 aliphatic heterocycles. The minimum Gasteiger partial charge on any atom is -0.276 e. The number of rotatable bonds is 3. The minimum absolute atomic E-state index is 0.470. The summed E-state index contributed by atoms with van der Waals surface area (Å²) in [6, 6.07) is 10.6. The monoisotopic (exact) mass is 306 g/mol. The Balaban J connectivity index is 2.52. The SMILES string of the molecule is Cc1cc(C(=O)Cl)ccc1-c1ccc(C(=O)Cl)cc1C. The predicted octanol–water partition coefficient (Wildman–Crippen LogP) is 4.73. The summed E-state index contributed by atoms with van der Waals surface area (Å²) in [5.41, 5.74) is 4.83. The second-order valence-corrected chi connectivity index (χ2v) is 5.29. The summed E-state index contributed by atoms with van der Waals surface area (Å²) in [6.07, 6.45) is 0. The summed E-state index contributed by atoms with van der Waals surface area (Å²) in [4.78, 5) is 22.3. The topological polar surface area (TPSA) is 34.1 Å². The average molecular weight is 307 g/mol. The van der Waals surface area contributed by atoms with E-state index in [4.69, 9.17) is 23.2 Å². The number of carbonyl (C=O) groups excluding carboxylic acids is 2. The highest BCUT2D eigenvalue weighted by Crippen LogP contribution is 2.28. The van der Waals surface area contributed by atoms with Crippen LogP contribution in [0, 0.1) is 13.8 Å². The fourth-order valence-corrected chi connectivity index (χ4v) is 2.41. The number of carbonyl (C=O) groups is 2. The van der Waals surface area contributed by atoms with Gasteiger partial charge in [-0.2, -0.15) is 0 Å². The van der Waals surface area contributed by atoms with Gasteiger partial charge in [0.1, 0.15) is 0 Å². The second kappa shape index (κ2) is 5.78. The van der Waals surface area contributed by atoms with E-state index in [9.17, 15) is 9.59 Å². The van der Waals surface area contributed by atoms with Crippen molar-refractivity contribution in [2.45, 2.75) is 13.8 Å². The van der Waals surface area contributed by atoms with Crippen molar-refractivity contribution in [3.8, 4) is 11.1 Å². The molecule has 0 saturated heterocycles. The van der Waals surface area contributed by atoms with Gasteiger partial charge < -0.3 is 0 Å². The lowest BCUT2D eigenvalue weighted by Crippen LogP contribution is -1.95. The molecule has 0 saturated carbocycles. The van der Waals surface area contributed by atoms with Crippen molar-refractivity contribution < 1.29 is 9.59 Å². The maximum atomic E-state index is 11.1. The molecule has 0 amide bonds. The maximum absolute atomic E-state index is 11.1. The lowest BCUT2D eigenvalue weighted by molar-refractivity contribution is 0.107. The molecule has 4 heteroatoms. The van der Waals surface area contributed by atoms with Gasteiger partial charge in [0.05, 0.1) is 0 Å². The van der Waals surface area contributed by atoms with Crippen molar-refractivity contribution >= 4 is 33.7 Å². The van der Waals surface area contributed by atoms with Crippen LogP contribution in [0.25, 0.3) is 11.1 Å². The molecular weight excluding hydrogens is 295 g/mol. The van der Waals surface area contributed by atoms with Crippen molar-refractivity contribution in [3.63, 3.8) is 0 Å². The van der Waals surface area contributed by atoms with Gasteiger partial charge in [0.15, 0.2) is 0 Å². The third-order valence-corrected chi connectivity index (χ3v) is 3.63. The summed E-state index contributed by atoms with van der Waals surface area (Å²) in [6.45, 7) is 3.83. The van der Waals surface area contributed by atoms with Crippen LogP contribution in [0.15, 0.2) is 36.4 Å². The predicted molar refractivity (Wildman–Crippen MR) is 81.7 cm³/mol. The molecule has 0 aliphatic rings. The minimum atomic E-state index is -0.473. The molecule has 0 bridgehead atoms. The zero-order valence-electron chi connectivity index (χ0n) is 11.0. The van der Waals surface area contributed by atoms with Crippen LogP contribution in [0.2, 0.25) is 0 Å². The first-order chi connectivity index (χ1) is 9.40. The van der Waals surface area contributed by atoms with Gasteiger partial charge in [-0.25, -0.2) is 0 Å².